The summed E-state index contributed by atoms with van der Waals surface area (Å²) >= 11 is 1.57. The molecule has 3 nitrogen and oxygen atoms in total. The lowest BCUT2D eigenvalue weighted by molar-refractivity contribution is -0.117. The van der Waals surface area contributed by atoms with E-state index >= 15 is 0 Å². The fourth-order valence-electron chi connectivity index (χ4n) is 3.09. The number of hydrogen-bond acceptors (Lipinski definition) is 2. The molecule has 124 valence electrons. The number of rotatable bonds is 2. The molecule has 3 rings (SSSR count). The molecule has 4 heteroatoms. The van der Waals surface area contributed by atoms with Crippen LogP contribution in [0, 0.1) is 27.7 Å². The topological polar surface area (TPSA) is 34.4 Å². The zero-order valence-electron chi connectivity index (χ0n) is 14.8. The van der Waals surface area contributed by atoms with Crippen molar-refractivity contribution in [2.45, 2.75) is 34.1 Å². The van der Waals surface area contributed by atoms with Gasteiger partial charge < -0.3 is 4.57 Å². The van der Waals surface area contributed by atoms with E-state index in [4.69, 9.17) is 0 Å². The van der Waals surface area contributed by atoms with Gasteiger partial charge in [0.1, 0.15) is 0 Å². The maximum Gasteiger partial charge on any atom is 0.252 e. The Balaban J connectivity index is 2.00. The van der Waals surface area contributed by atoms with Crippen LogP contribution >= 0.6 is 11.3 Å². The average molecular weight is 338 g/mol. The molecule has 2 aromatic carbocycles. The molecule has 0 spiro atoms. The minimum atomic E-state index is -0.0970. The summed E-state index contributed by atoms with van der Waals surface area (Å²) in [6, 6.07) is 10.5. The van der Waals surface area contributed by atoms with Crippen molar-refractivity contribution >= 4 is 27.5 Å². The smallest absolute Gasteiger partial charge is 0.252 e. The second kappa shape index (κ2) is 6.36. The van der Waals surface area contributed by atoms with Crippen molar-refractivity contribution in [3.05, 3.63) is 63.0 Å². The number of aromatic nitrogens is 1. The molecule has 0 radical (unpaired) electrons. The van der Waals surface area contributed by atoms with Gasteiger partial charge in [0.2, 0.25) is 0 Å². The summed E-state index contributed by atoms with van der Waals surface area (Å²) in [7, 11) is 1.98. The van der Waals surface area contributed by atoms with Crippen LogP contribution in [0.4, 0.5) is 0 Å². The van der Waals surface area contributed by atoms with Crippen molar-refractivity contribution < 1.29 is 4.79 Å². The zero-order chi connectivity index (χ0) is 17.4. The maximum atomic E-state index is 12.5. The van der Waals surface area contributed by atoms with E-state index in [-0.39, 0.29) is 5.91 Å². The normalized spacial score (nSPS) is 12.1. The van der Waals surface area contributed by atoms with Gasteiger partial charge in [-0.25, -0.2) is 0 Å². The van der Waals surface area contributed by atoms with Crippen LogP contribution in [0.2, 0.25) is 0 Å². The number of fused-ring (bicyclic) bond motifs is 1. The van der Waals surface area contributed by atoms with Crippen LogP contribution in [-0.4, -0.2) is 10.5 Å². The highest BCUT2D eigenvalue weighted by molar-refractivity contribution is 7.16. The molecule has 1 amide bonds. The number of hydrogen-bond donors (Lipinski definition) is 0. The van der Waals surface area contributed by atoms with Crippen LogP contribution in [0.15, 0.2) is 35.3 Å². The Morgan fingerprint density at radius 1 is 1.04 bits per heavy atom. The summed E-state index contributed by atoms with van der Waals surface area (Å²) < 4.78 is 3.20. The van der Waals surface area contributed by atoms with Gasteiger partial charge in [-0.3, -0.25) is 4.79 Å². The summed E-state index contributed by atoms with van der Waals surface area (Å²) in [5.74, 6) is -0.0970. The van der Waals surface area contributed by atoms with Crippen LogP contribution < -0.4 is 4.80 Å². The molecule has 0 saturated heterocycles. The third-order valence-corrected chi connectivity index (χ3v) is 5.38. The van der Waals surface area contributed by atoms with Gasteiger partial charge in [0.25, 0.3) is 5.91 Å². The van der Waals surface area contributed by atoms with E-state index in [2.05, 4.69) is 49.2 Å². The van der Waals surface area contributed by atoms with E-state index in [1.807, 2.05) is 25.5 Å². The predicted molar refractivity (Wildman–Crippen MR) is 100 cm³/mol. The lowest BCUT2D eigenvalue weighted by Crippen LogP contribution is -2.14. The molecule has 0 aliphatic carbocycles. The molecule has 0 fully saturated rings. The van der Waals surface area contributed by atoms with Crippen LogP contribution in [0.25, 0.3) is 10.2 Å². The van der Waals surface area contributed by atoms with E-state index in [0.717, 1.165) is 21.4 Å². The van der Waals surface area contributed by atoms with Gasteiger partial charge in [0.05, 0.1) is 16.6 Å². The first-order chi connectivity index (χ1) is 11.3. The van der Waals surface area contributed by atoms with Gasteiger partial charge in [0.15, 0.2) is 4.80 Å². The molecule has 0 saturated carbocycles. The van der Waals surface area contributed by atoms with Crippen LogP contribution in [0.3, 0.4) is 0 Å². The first-order valence-electron chi connectivity index (χ1n) is 8.05. The lowest BCUT2D eigenvalue weighted by Gasteiger charge is -2.04. The highest BCUT2D eigenvalue weighted by Crippen LogP contribution is 2.22. The van der Waals surface area contributed by atoms with Gasteiger partial charge in [-0.15, -0.1) is 0 Å². The molecule has 1 heterocycles. The number of thiazole rings is 1. The Kier molecular flexibility index (Phi) is 4.41. The number of carbonyl (C=O) groups is 1. The average Bonchev–Trinajstić information content (AvgIpc) is 2.79. The van der Waals surface area contributed by atoms with Crippen molar-refractivity contribution in [2.75, 3.05) is 0 Å². The highest BCUT2D eigenvalue weighted by atomic mass is 32.1. The van der Waals surface area contributed by atoms with E-state index < -0.39 is 0 Å². The number of nitrogens with zero attached hydrogens (tertiary/aromatic N) is 2. The molecule has 0 unspecified atom stereocenters. The first kappa shape index (κ1) is 16.7. The van der Waals surface area contributed by atoms with Crippen molar-refractivity contribution in [3.63, 3.8) is 0 Å². The highest BCUT2D eigenvalue weighted by Gasteiger charge is 2.09. The fraction of sp³-hybridized carbons (Fsp3) is 0.300. The van der Waals surface area contributed by atoms with E-state index in [0.29, 0.717) is 6.42 Å². The van der Waals surface area contributed by atoms with Gasteiger partial charge >= 0.3 is 0 Å². The van der Waals surface area contributed by atoms with E-state index in [9.17, 15) is 4.79 Å². The molecule has 3 aromatic rings. The number of aryl methyl sites for hydroxylation is 5. The molecule has 0 aliphatic rings. The summed E-state index contributed by atoms with van der Waals surface area (Å²) in [5.41, 5.74) is 6.96. The largest absolute Gasteiger partial charge is 0.319 e. The Hall–Kier alpha value is -2.20. The molecular formula is C20H22N2OS. The van der Waals surface area contributed by atoms with Crippen LogP contribution in [0.5, 0.6) is 0 Å². The quantitative estimate of drug-likeness (QED) is 0.691. The van der Waals surface area contributed by atoms with Crippen molar-refractivity contribution in [2.24, 2.45) is 12.0 Å². The second-order valence-corrected chi connectivity index (χ2v) is 7.49. The summed E-state index contributed by atoms with van der Waals surface area (Å²) in [4.78, 5) is 17.6. The SMILES string of the molecule is Cc1ccc(C)c(CC(=O)N=c2sc3cc(C)cc(C)c3n2C)c1. The predicted octanol–water partition coefficient (Wildman–Crippen LogP) is 4.14. The number of carbonyl (C=O) groups excluding carboxylic acids is 1. The lowest BCUT2D eigenvalue weighted by atomic mass is 10.0. The molecule has 0 atom stereocenters. The van der Waals surface area contributed by atoms with Gasteiger partial charge in [0, 0.05) is 7.05 Å². The Labute approximate surface area is 146 Å². The first-order valence-corrected chi connectivity index (χ1v) is 8.87. The van der Waals surface area contributed by atoms with Crippen molar-refractivity contribution in [1.29, 1.82) is 0 Å². The monoisotopic (exact) mass is 338 g/mol. The Morgan fingerprint density at radius 2 is 1.79 bits per heavy atom. The summed E-state index contributed by atoms with van der Waals surface area (Å²) in [5, 5.41) is 0. The van der Waals surface area contributed by atoms with Crippen LogP contribution in [0.1, 0.15) is 27.8 Å². The molecule has 0 aliphatic heterocycles. The minimum Gasteiger partial charge on any atom is -0.319 e. The Bertz CT molecular complexity index is 1010. The molecule has 24 heavy (non-hydrogen) atoms. The molecule has 0 N–H and O–H groups in total. The summed E-state index contributed by atoms with van der Waals surface area (Å²) in [6.07, 6.45) is 0.347. The van der Waals surface area contributed by atoms with Crippen molar-refractivity contribution in [3.8, 4) is 0 Å². The third-order valence-electron chi connectivity index (χ3n) is 4.30. The molecule has 1 aromatic heterocycles. The van der Waals surface area contributed by atoms with Gasteiger partial charge in [-0.05, 0) is 56.0 Å². The minimum absolute atomic E-state index is 0.0970. The molecular weight excluding hydrogens is 316 g/mol. The maximum absolute atomic E-state index is 12.5. The number of benzene rings is 2. The van der Waals surface area contributed by atoms with Gasteiger partial charge in [-0.2, -0.15) is 4.99 Å². The van der Waals surface area contributed by atoms with E-state index in [1.54, 1.807) is 11.3 Å². The van der Waals surface area contributed by atoms with E-state index in [1.165, 1.54) is 21.4 Å². The Morgan fingerprint density at radius 3 is 2.54 bits per heavy atom. The van der Waals surface area contributed by atoms with Gasteiger partial charge in [-0.1, -0.05) is 41.2 Å². The van der Waals surface area contributed by atoms with Crippen LogP contribution in [-0.2, 0) is 18.3 Å². The molecule has 0 bridgehead atoms. The summed E-state index contributed by atoms with van der Waals surface area (Å²) in [6.45, 7) is 8.27. The second-order valence-electron chi connectivity index (χ2n) is 6.48. The third kappa shape index (κ3) is 3.20. The number of amides is 1. The fourth-order valence-corrected chi connectivity index (χ4v) is 4.30. The van der Waals surface area contributed by atoms with Crippen molar-refractivity contribution in [1.82, 2.24) is 4.57 Å². The standard InChI is InChI=1S/C20H22N2OS/c1-12-6-7-14(3)16(9-12)11-18(23)21-20-22(5)19-15(4)8-13(2)10-17(19)24-20/h6-10H,11H2,1-5H3. The zero-order valence-corrected chi connectivity index (χ0v) is 15.6.